The summed E-state index contributed by atoms with van der Waals surface area (Å²) in [7, 11) is 1.77. The number of nitrogens with zero attached hydrogens (tertiary/aromatic N) is 4. The maximum atomic E-state index is 5.69. The average Bonchev–Trinajstić information content (AvgIpc) is 3.38. The topological polar surface area (TPSA) is 77.4 Å². The quantitative estimate of drug-likeness (QED) is 0.673. The summed E-state index contributed by atoms with van der Waals surface area (Å²) >= 11 is 0. The molecule has 2 atom stereocenters. The van der Waals surface area contributed by atoms with Gasteiger partial charge in [0.1, 0.15) is 5.76 Å². The summed E-state index contributed by atoms with van der Waals surface area (Å²) < 4.78 is 16.4. The lowest BCUT2D eigenvalue weighted by Gasteiger charge is -2.14. The SMILES string of the molecule is CO[C@H]1CN(Cc2cnc(-c3ccco3)nc2)C[C@H]1Cc1cc(C)no1. The number of likely N-dealkylation sites (tertiary alicyclic amines) is 1. The summed E-state index contributed by atoms with van der Waals surface area (Å²) in [5, 5.41) is 3.97. The van der Waals surface area contributed by atoms with Crippen molar-refractivity contribution in [1.82, 2.24) is 20.0 Å². The van der Waals surface area contributed by atoms with Gasteiger partial charge in [0.2, 0.25) is 0 Å². The highest BCUT2D eigenvalue weighted by Crippen LogP contribution is 2.25. The van der Waals surface area contributed by atoms with Crippen LogP contribution in [0.4, 0.5) is 0 Å². The molecule has 4 rings (SSSR count). The van der Waals surface area contributed by atoms with Crippen molar-refractivity contribution in [2.75, 3.05) is 20.2 Å². The standard InChI is InChI=1S/C19H22N4O3/c1-13-6-16(26-22-13)7-15-11-23(12-18(15)24-2)10-14-8-20-19(21-9-14)17-4-3-5-25-17/h3-6,8-9,15,18H,7,10-12H2,1-2H3/t15-,18+/m1/s1. The molecule has 0 N–H and O–H groups in total. The van der Waals surface area contributed by atoms with Crippen LogP contribution >= 0.6 is 0 Å². The summed E-state index contributed by atoms with van der Waals surface area (Å²) in [5.74, 6) is 2.59. The highest BCUT2D eigenvalue weighted by atomic mass is 16.5. The Bertz CT molecular complexity index is 829. The van der Waals surface area contributed by atoms with Gasteiger partial charge < -0.3 is 13.7 Å². The monoisotopic (exact) mass is 354 g/mol. The second-order valence-corrected chi connectivity index (χ2v) is 6.76. The minimum atomic E-state index is 0.184. The van der Waals surface area contributed by atoms with E-state index in [4.69, 9.17) is 13.7 Å². The van der Waals surface area contributed by atoms with Crippen LogP contribution in [-0.4, -0.2) is 46.3 Å². The molecule has 3 aromatic heterocycles. The number of hydrogen-bond acceptors (Lipinski definition) is 7. The van der Waals surface area contributed by atoms with Crippen LogP contribution in [0, 0.1) is 12.8 Å². The Labute approximate surface area is 152 Å². The van der Waals surface area contributed by atoms with E-state index in [0.29, 0.717) is 17.5 Å². The number of hydrogen-bond donors (Lipinski definition) is 0. The van der Waals surface area contributed by atoms with Gasteiger partial charge in [-0.05, 0) is 19.1 Å². The maximum absolute atomic E-state index is 5.69. The predicted molar refractivity (Wildman–Crippen MR) is 94.2 cm³/mol. The number of aryl methyl sites for hydroxylation is 1. The molecular formula is C19H22N4O3. The summed E-state index contributed by atoms with van der Waals surface area (Å²) in [6.07, 6.45) is 6.37. The van der Waals surface area contributed by atoms with Crippen LogP contribution < -0.4 is 0 Å². The smallest absolute Gasteiger partial charge is 0.195 e. The van der Waals surface area contributed by atoms with Crippen molar-refractivity contribution in [2.45, 2.75) is 26.0 Å². The fraction of sp³-hybridized carbons (Fsp3) is 0.421. The molecule has 0 unspecified atom stereocenters. The summed E-state index contributed by atoms with van der Waals surface area (Å²) in [5.41, 5.74) is 1.99. The normalized spacial score (nSPS) is 20.7. The Morgan fingerprint density at radius 2 is 2.12 bits per heavy atom. The van der Waals surface area contributed by atoms with Gasteiger partial charge in [-0.2, -0.15) is 0 Å². The third kappa shape index (κ3) is 3.68. The second-order valence-electron chi connectivity index (χ2n) is 6.76. The molecule has 0 bridgehead atoms. The fourth-order valence-electron chi connectivity index (χ4n) is 3.52. The Hall–Kier alpha value is -2.51. The van der Waals surface area contributed by atoms with Crippen molar-refractivity contribution in [2.24, 2.45) is 5.92 Å². The number of methoxy groups -OCH3 is 1. The van der Waals surface area contributed by atoms with E-state index in [-0.39, 0.29) is 6.10 Å². The molecule has 136 valence electrons. The highest BCUT2D eigenvalue weighted by Gasteiger charge is 2.33. The van der Waals surface area contributed by atoms with Crippen LogP contribution in [0.1, 0.15) is 17.0 Å². The number of ether oxygens (including phenoxy) is 1. The van der Waals surface area contributed by atoms with E-state index in [2.05, 4.69) is 20.0 Å². The van der Waals surface area contributed by atoms with Crippen molar-refractivity contribution in [3.8, 4) is 11.6 Å². The third-order valence-corrected chi connectivity index (χ3v) is 4.75. The Kier molecular flexibility index (Phi) is 4.81. The largest absolute Gasteiger partial charge is 0.461 e. The molecule has 7 heteroatoms. The van der Waals surface area contributed by atoms with Crippen molar-refractivity contribution >= 4 is 0 Å². The van der Waals surface area contributed by atoms with Gasteiger partial charge in [-0.1, -0.05) is 5.16 Å². The van der Waals surface area contributed by atoms with Gasteiger partial charge in [-0.15, -0.1) is 0 Å². The average molecular weight is 354 g/mol. The van der Waals surface area contributed by atoms with Gasteiger partial charge in [-0.3, -0.25) is 4.90 Å². The molecule has 0 saturated carbocycles. The van der Waals surface area contributed by atoms with E-state index < -0.39 is 0 Å². The molecule has 1 fully saturated rings. The Balaban J connectivity index is 1.39. The van der Waals surface area contributed by atoms with E-state index in [1.807, 2.05) is 37.5 Å². The van der Waals surface area contributed by atoms with Crippen LogP contribution in [-0.2, 0) is 17.7 Å². The molecule has 0 aromatic carbocycles. The van der Waals surface area contributed by atoms with E-state index in [1.165, 1.54) is 0 Å². The van der Waals surface area contributed by atoms with Crippen molar-refractivity contribution < 1.29 is 13.7 Å². The van der Waals surface area contributed by atoms with Gasteiger partial charge in [-0.25, -0.2) is 9.97 Å². The van der Waals surface area contributed by atoms with E-state index in [9.17, 15) is 0 Å². The molecule has 0 amide bonds. The zero-order valence-corrected chi connectivity index (χ0v) is 15.0. The third-order valence-electron chi connectivity index (χ3n) is 4.75. The molecule has 26 heavy (non-hydrogen) atoms. The van der Waals surface area contributed by atoms with E-state index >= 15 is 0 Å². The molecule has 0 aliphatic carbocycles. The first-order valence-electron chi connectivity index (χ1n) is 8.73. The van der Waals surface area contributed by atoms with Crippen molar-refractivity contribution in [3.63, 3.8) is 0 Å². The molecule has 3 aromatic rings. The Morgan fingerprint density at radius 3 is 2.77 bits per heavy atom. The summed E-state index contributed by atoms with van der Waals surface area (Å²) in [6, 6.07) is 5.68. The highest BCUT2D eigenvalue weighted by molar-refractivity contribution is 5.45. The predicted octanol–water partition coefficient (Wildman–Crippen LogP) is 2.72. The van der Waals surface area contributed by atoms with Crippen molar-refractivity contribution in [1.29, 1.82) is 0 Å². The number of aromatic nitrogens is 3. The molecule has 7 nitrogen and oxygen atoms in total. The molecule has 1 saturated heterocycles. The first kappa shape index (κ1) is 16.9. The lowest BCUT2D eigenvalue weighted by atomic mass is 10.0. The molecule has 1 aliphatic heterocycles. The maximum Gasteiger partial charge on any atom is 0.195 e. The first-order valence-corrected chi connectivity index (χ1v) is 8.73. The van der Waals surface area contributed by atoms with Gasteiger partial charge in [0.15, 0.2) is 11.6 Å². The van der Waals surface area contributed by atoms with E-state index in [1.54, 1.807) is 13.4 Å². The molecule has 1 aliphatic rings. The second kappa shape index (κ2) is 7.39. The first-order chi connectivity index (χ1) is 12.7. The lowest BCUT2D eigenvalue weighted by Crippen LogP contribution is -2.23. The zero-order valence-electron chi connectivity index (χ0n) is 15.0. The summed E-state index contributed by atoms with van der Waals surface area (Å²) in [6.45, 7) is 4.56. The minimum absolute atomic E-state index is 0.184. The van der Waals surface area contributed by atoms with Crippen LogP contribution in [0.2, 0.25) is 0 Å². The molecule has 0 spiro atoms. The zero-order chi connectivity index (χ0) is 17.9. The lowest BCUT2D eigenvalue weighted by molar-refractivity contribution is 0.0761. The molecule has 0 radical (unpaired) electrons. The van der Waals surface area contributed by atoms with Gasteiger partial charge >= 0.3 is 0 Å². The number of rotatable bonds is 6. The van der Waals surface area contributed by atoms with Gasteiger partial charge in [0, 0.05) is 63.1 Å². The van der Waals surface area contributed by atoms with E-state index in [0.717, 1.165) is 43.1 Å². The van der Waals surface area contributed by atoms with Crippen LogP contribution in [0.25, 0.3) is 11.6 Å². The van der Waals surface area contributed by atoms with Crippen molar-refractivity contribution in [3.05, 3.63) is 53.9 Å². The molecular weight excluding hydrogens is 332 g/mol. The van der Waals surface area contributed by atoms with Gasteiger partial charge in [0.05, 0.1) is 18.1 Å². The Morgan fingerprint density at radius 1 is 1.27 bits per heavy atom. The molecule has 4 heterocycles. The summed E-state index contributed by atoms with van der Waals surface area (Å²) in [4.78, 5) is 11.2. The van der Waals surface area contributed by atoms with Gasteiger partial charge in [0.25, 0.3) is 0 Å². The van der Waals surface area contributed by atoms with Crippen LogP contribution in [0.3, 0.4) is 0 Å². The minimum Gasteiger partial charge on any atom is -0.461 e. The van der Waals surface area contributed by atoms with Crippen LogP contribution in [0.5, 0.6) is 0 Å². The van der Waals surface area contributed by atoms with Crippen LogP contribution in [0.15, 0.2) is 45.8 Å². The fourth-order valence-corrected chi connectivity index (χ4v) is 3.52. The number of furan rings is 1.